The number of benzene rings is 2. The van der Waals surface area contributed by atoms with Gasteiger partial charge in [-0.2, -0.15) is 0 Å². The lowest BCUT2D eigenvalue weighted by Gasteiger charge is -2.23. The van der Waals surface area contributed by atoms with Gasteiger partial charge in [0.1, 0.15) is 5.82 Å². The van der Waals surface area contributed by atoms with E-state index in [2.05, 4.69) is 104 Å². The van der Waals surface area contributed by atoms with E-state index in [0.717, 1.165) is 74.9 Å². The first-order valence-corrected chi connectivity index (χ1v) is 14.8. The number of hydrogen-bond acceptors (Lipinski definition) is 7. The smallest absolute Gasteiger partial charge is 0.121 e. The first-order valence-electron chi connectivity index (χ1n) is 14.8. The summed E-state index contributed by atoms with van der Waals surface area (Å²) in [5.74, 6) is 0.969. The van der Waals surface area contributed by atoms with E-state index in [-0.39, 0.29) is 0 Å². The van der Waals surface area contributed by atoms with Crippen molar-refractivity contribution >= 4 is 11.0 Å². The van der Waals surface area contributed by atoms with Crippen LogP contribution < -0.4 is 16.0 Å². The molecule has 0 amide bonds. The molecule has 3 heterocycles. The maximum Gasteiger partial charge on any atom is 0.121 e. The molecule has 0 bridgehead atoms. The summed E-state index contributed by atoms with van der Waals surface area (Å²) in [7, 11) is 0. The summed E-state index contributed by atoms with van der Waals surface area (Å²) in [6.07, 6.45) is 5.53. The van der Waals surface area contributed by atoms with E-state index < -0.39 is 0 Å². The van der Waals surface area contributed by atoms with Gasteiger partial charge in [0, 0.05) is 70.9 Å². The Morgan fingerprint density at radius 2 is 1.38 bits per heavy atom. The molecule has 8 nitrogen and oxygen atoms in total. The lowest BCUT2D eigenvalue weighted by atomic mass is 10.1. The molecule has 0 aliphatic carbocycles. The lowest BCUT2D eigenvalue weighted by molar-refractivity contribution is 0.264. The van der Waals surface area contributed by atoms with Crippen molar-refractivity contribution in [3.05, 3.63) is 125 Å². The minimum absolute atomic E-state index is 0.709. The Balaban J connectivity index is 1.09. The quantitative estimate of drug-likeness (QED) is 0.130. The molecule has 0 radical (unpaired) electrons. The van der Waals surface area contributed by atoms with Crippen LogP contribution in [0.5, 0.6) is 0 Å². The third kappa shape index (κ3) is 9.03. The first-order chi connectivity index (χ1) is 20.6. The molecule has 0 atom stereocenters. The van der Waals surface area contributed by atoms with Gasteiger partial charge in [-0.05, 0) is 78.1 Å². The highest BCUT2D eigenvalue weighted by Gasteiger charge is 2.08. The Labute approximate surface area is 249 Å². The Bertz CT molecular complexity index is 1410. The molecule has 3 aromatic heterocycles. The number of aromatic nitrogens is 4. The molecule has 8 heteroatoms. The Morgan fingerprint density at radius 3 is 2.14 bits per heavy atom. The van der Waals surface area contributed by atoms with Crippen LogP contribution in [-0.4, -0.2) is 51.0 Å². The summed E-state index contributed by atoms with van der Waals surface area (Å²) in [5.41, 5.74) is 9.60. The number of H-pyrrole nitrogens is 1. The van der Waals surface area contributed by atoms with Crippen LogP contribution in [0.25, 0.3) is 11.0 Å². The topological polar surface area (TPSA) is 93.8 Å². The number of nitrogens with zero attached hydrogens (tertiary/aromatic N) is 4. The number of pyridine rings is 2. The Morgan fingerprint density at radius 1 is 0.690 bits per heavy atom. The minimum atomic E-state index is 0.709. The van der Waals surface area contributed by atoms with Crippen molar-refractivity contribution in [3.8, 4) is 0 Å². The van der Waals surface area contributed by atoms with Crippen LogP contribution >= 0.6 is 0 Å². The van der Waals surface area contributed by atoms with Gasteiger partial charge in [0.05, 0.1) is 23.3 Å². The van der Waals surface area contributed by atoms with Gasteiger partial charge in [0.2, 0.25) is 0 Å². The lowest BCUT2D eigenvalue weighted by Crippen LogP contribution is -2.36. The molecule has 2 aromatic carbocycles. The van der Waals surface area contributed by atoms with Crippen LogP contribution in [0.3, 0.4) is 0 Å². The highest BCUT2D eigenvalue weighted by atomic mass is 15.1. The van der Waals surface area contributed by atoms with Gasteiger partial charge in [0.15, 0.2) is 0 Å². The van der Waals surface area contributed by atoms with Gasteiger partial charge in [-0.25, -0.2) is 4.98 Å². The maximum absolute atomic E-state index is 4.75. The number of fused-ring (bicyclic) bond motifs is 1. The highest BCUT2D eigenvalue weighted by molar-refractivity contribution is 5.77. The molecule has 218 valence electrons. The highest BCUT2D eigenvalue weighted by Crippen LogP contribution is 2.17. The van der Waals surface area contributed by atoms with Gasteiger partial charge in [0.25, 0.3) is 0 Å². The fraction of sp³-hybridized carbons (Fsp3) is 0.324. The number of aromatic amines is 1. The number of imidazole rings is 1. The van der Waals surface area contributed by atoms with E-state index >= 15 is 0 Å². The van der Waals surface area contributed by atoms with E-state index in [0.29, 0.717) is 6.54 Å². The SMILES string of the molecule is Cc1cc2nc(CNCc3ccc(CN(CCNCc4ccncc4)CCNCc4ccccn4)cc3)[nH]c2cc1C. The zero-order valence-corrected chi connectivity index (χ0v) is 24.7. The van der Waals surface area contributed by atoms with Gasteiger partial charge in [-0.15, -0.1) is 0 Å². The summed E-state index contributed by atoms with van der Waals surface area (Å²) in [6, 6.07) is 23.4. The van der Waals surface area contributed by atoms with Crippen LogP contribution in [-0.2, 0) is 32.7 Å². The zero-order chi connectivity index (χ0) is 29.0. The molecule has 0 aliphatic heterocycles. The molecule has 4 N–H and O–H groups in total. The van der Waals surface area contributed by atoms with Gasteiger partial charge < -0.3 is 20.9 Å². The van der Waals surface area contributed by atoms with Crippen molar-refractivity contribution in [3.63, 3.8) is 0 Å². The average molecular weight is 563 g/mol. The minimum Gasteiger partial charge on any atom is -0.341 e. The van der Waals surface area contributed by atoms with Crippen LogP contribution in [0.15, 0.2) is 85.3 Å². The van der Waals surface area contributed by atoms with E-state index in [9.17, 15) is 0 Å². The molecule has 0 fully saturated rings. The van der Waals surface area contributed by atoms with E-state index in [1.54, 1.807) is 0 Å². The second kappa shape index (κ2) is 15.3. The average Bonchev–Trinajstić information content (AvgIpc) is 3.40. The second-order valence-corrected chi connectivity index (χ2v) is 10.9. The summed E-state index contributed by atoms with van der Waals surface area (Å²) in [6.45, 7) is 12.1. The van der Waals surface area contributed by atoms with Gasteiger partial charge >= 0.3 is 0 Å². The van der Waals surface area contributed by atoms with Crippen molar-refractivity contribution in [2.75, 3.05) is 26.2 Å². The summed E-state index contributed by atoms with van der Waals surface area (Å²) in [5, 5.41) is 10.7. The van der Waals surface area contributed by atoms with Crippen molar-refractivity contribution in [2.45, 2.75) is 46.6 Å². The summed E-state index contributed by atoms with van der Waals surface area (Å²) >= 11 is 0. The molecule has 5 rings (SSSR count). The molecule has 42 heavy (non-hydrogen) atoms. The predicted octanol–water partition coefficient (Wildman–Crippen LogP) is 4.64. The second-order valence-electron chi connectivity index (χ2n) is 10.9. The fourth-order valence-electron chi connectivity index (χ4n) is 4.95. The standard InChI is InChI=1S/C34H42N8/c1-26-19-32-33(20-27(26)2)41-34(40-32)24-38-22-28-6-8-30(9-7-28)25-42(17-15-36-21-29-10-13-35-14-11-29)18-16-37-23-31-5-3-4-12-39-31/h3-14,19-20,36-38H,15-18,21-25H2,1-2H3,(H,40,41). The van der Waals surface area contributed by atoms with Gasteiger partial charge in [-0.3, -0.25) is 14.9 Å². The maximum atomic E-state index is 4.75. The Kier molecular flexibility index (Phi) is 10.8. The fourth-order valence-corrected chi connectivity index (χ4v) is 4.95. The zero-order valence-electron chi connectivity index (χ0n) is 24.7. The first kappa shape index (κ1) is 29.5. The normalized spacial score (nSPS) is 11.5. The van der Waals surface area contributed by atoms with Crippen molar-refractivity contribution < 1.29 is 0 Å². The third-order valence-electron chi connectivity index (χ3n) is 7.52. The van der Waals surface area contributed by atoms with Crippen LogP contribution in [0.4, 0.5) is 0 Å². The number of hydrogen-bond donors (Lipinski definition) is 4. The molecular weight excluding hydrogens is 520 g/mol. The summed E-state index contributed by atoms with van der Waals surface area (Å²) < 4.78 is 0. The van der Waals surface area contributed by atoms with E-state index in [1.807, 2.05) is 30.7 Å². The van der Waals surface area contributed by atoms with E-state index in [4.69, 9.17) is 4.98 Å². The van der Waals surface area contributed by atoms with Crippen LogP contribution in [0.1, 0.15) is 39.3 Å². The number of rotatable bonds is 16. The molecule has 0 aliphatic rings. The molecule has 0 saturated heterocycles. The summed E-state index contributed by atoms with van der Waals surface area (Å²) in [4.78, 5) is 19.2. The molecule has 0 unspecified atom stereocenters. The predicted molar refractivity (Wildman–Crippen MR) is 170 cm³/mol. The van der Waals surface area contributed by atoms with E-state index in [1.165, 1.54) is 27.8 Å². The Hall–Kier alpha value is -3.95. The van der Waals surface area contributed by atoms with Crippen LogP contribution in [0.2, 0.25) is 0 Å². The van der Waals surface area contributed by atoms with Crippen LogP contribution in [0, 0.1) is 13.8 Å². The van der Waals surface area contributed by atoms with Gasteiger partial charge in [-0.1, -0.05) is 30.3 Å². The van der Waals surface area contributed by atoms with Crippen molar-refractivity contribution in [2.24, 2.45) is 0 Å². The molecular formula is C34H42N8. The third-order valence-corrected chi connectivity index (χ3v) is 7.52. The molecule has 5 aromatic rings. The number of nitrogens with one attached hydrogen (secondary N) is 4. The largest absolute Gasteiger partial charge is 0.341 e. The monoisotopic (exact) mass is 562 g/mol. The molecule has 0 spiro atoms. The van der Waals surface area contributed by atoms with Crippen molar-refractivity contribution in [1.82, 2.24) is 40.8 Å². The van der Waals surface area contributed by atoms with Crippen molar-refractivity contribution in [1.29, 1.82) is 0 Å². The number of aryl methyl sites for hydroxylation is 2. The molecule has 0 saturated carbocycles.